The Morgan fingerprint density at radius 3 is 2.81 bits per heavy atom. The van der Waals surface area contributed by atoms with Crippen molar-refractivity contribution in [2.24, 2.45) is 5.92 Å². The zero-order valence-electron chi connectivity index (χ0n) is 11.4. The number of hydrogen-bond acceptors (Lipinski definition) is 1. The highest BCUT2D eigenvalue weighted by Gasteiger charge is 2.38. The van der Waals surface area contributed by atoms with Crippen LogP contribution in [0.4, 0.5) is 5.69 Å². The molecule has 2 aliphatic rings. The summed E-state index contributed by atoms with van der Waals surface area (Å²) in [6.07, 6.45) is 5.79. The van der Waals surface area contributed by atoms with E-state index < -0.39 is 0 Å². The van der Waals surface area contributed by atoms with Crippen LogP contribution >= 0.6 is 34.2 Å². The van der Waals surface area contributed by atoms with E-state index in [1.54, 1.807) is 0 Å². The first-order valence-corrected chi connectivity index (χ1v) is 8.67. The summed E-state index contributed by atoms with van der Waals surface area (Å²) in [6, 6.07) is 15.1. The number of anilines is 1. The molecule has 2 aromatic rings. The van der Waals surface area contributed by atoms with E-state index in [1.165, 1.54) is 20.4 Å². The third-order valence-electron chi connectivity index (χ3n) is 4.57. The van der Waals surface area contributed by atoms with E-state index in [0.717, 1.165) is 11.4 Å². The third-order valence-corrected chi connectivity index (χ3v) is 5.58. The summed E-state index contributed by atoms with van der Waals surface area (Å²) >= 11 is 8.83. The van der Waals surface area contributed by atoms with Gasteiger partial charge in [0, 0.05) is 20.2 Å². The van der Waals surface area contributed by atoms with E-state index in [9.17, 15) is 0 Å². The van der Waals surface area contributed by atoms with Gasteiger partial charge in [-0.25, -0.2) is 0 Å². The molecule has 0 saturated heterocycles. The molecule has 21 heavy (non-hydrogen) atoms. The predicted octanol–water partition coefficient (Wildman–Crippen LogP) is 5.77. The van der Waals surface area contributed by atoms with E-state index in [0.29, 0.717) is 11.8 Å². The average Bonchev–Trinajstić information content (AvgIpc) is 2.97. The molecule has 0 radical (unpaired) electrons. The van der Waals surface area contributed by atoms with Gasteiger partial charge in [0.25, 0.3) is 0 Å². The molecule has 1 N–H and O–H groups in total. The topological polar surface area (TPSA) is 12.0 Å². The molecule has 1 heterocycles. The van der Waals surface area contributed by atoms with Gasteiger partial charge >= 0.3 is 0 Å². The van der Waals surface area contributed by atoms with E-state index in [4.69, 9.17) is 11.6 Å². The fourth-order valence-corrected chi connectivity index (χ4v) is 4.37. The van der Waals surface area contributed by atoms with E-state index in [-0.39, 0.29) is 6.04 Å². The number of halogens is 2. The van der Waals surface area contributed by atoms with Gasteiger partial charge in [0.2, 0.25) is 0 Å². The Labute approximate surface area is 143 Å². The Balaban J connectivity index is 1.82. The largest absolute Gasteiger partial charge is 0.378 e. The van der Waals surface area contributed by atoms with Gasteiger partial charge < -0.3 is 5.32 Å². The van der Waals surface area contributed by atoms with Crippen molar-refractivity contribution in [3.63, 3.8) is 0 Å². The normalized spacial score (nSPS) is 26.1. The molecular weight excluding hydrogens is 393 g/mol. The highest BCUT2D eigenvalue weighted by Crippen LogP contribution is 2.50. The van der Waals surface area contributed by atoms with Gasteiger partial charge in [-0.1, -0.05) is 42.0 Å². The lowest BCUT2D eigenvalue weighted by Crippen LogP contribution is -2.29. The smallest absolute Gasteiger partial charge is 0.0568 e. The molecule has 0 fully saturated rings. The molecule has 4 rings (SSSR count). The molecule has 0 saturated carbocycles. The standard InChI is InChI=1S/C18H15ClIN/c19-16-7-2-1-4-14(16)18-13-6-3-5-12(13)15-10-11(20)8-9-17(15)21-18/h1-5,7-10,12-13,18,21H,6H2/t12-,13+,18-/m1/s1. The fourth-order valence-electron chi connectivity index (χ4n) is 3.60. The van der Waals surface area contributed by atoms with Crippen LogP contribution in [0.15, 0.2) is 54.6 Å². The Morgan fingerprint density at radius 1 is 1.10 bits per heavy atom. The van der Waals surface area contributed by atoms with Gasteiger partial charge in [-0.15, -0.1) is 0 Å². The fraction of sp³-hybridized carbons (Fsp3) is 0.222. The summed E-state index contributed by atoms with van der Waals surface area (Å²) in [5, 5.41) is 4.58. The summed E-state index contributed by atoms with van der Waals surface area (Å²) in [4.78, 5) is 0. The van der Waals surface area contributed by atoms with Crippen molar-refractivity contribution in [2.45, 2.75) is 18.4 Å². The zero-order chi connectivity index (χ0) is 14.4. The van der Waals surface area contributed by atoms with Crippen molar-refractivity contribution in [2.75, 3.05) is 5.32 Å². The first kappa shape index (κ1) is 13.6. The summed E-state index contributed by atoms with van der Waals surface area (Å²) in [5.41, 5.74) is 3.87. The molecule has 2 aromatic carbocycles. The second kappa shape index (κ2) is 5.33. The molecule has 0 amide bonds. The summed E-state index contributed by atoms with van der Waals surface area (Å²) in [7, 11) is 0. The lowest BCUT2D eigenvalue weighted by Gasteiger charge is -2.38. The van der Waals surface area contributed by atoms with Crippen LogP contribution in [-0.2, 0) is 0 Å². The minimum Gasteiger partial charge on any atom is -0.378 e. The highest BCUT2D eigenvalue weighted by atomic mass is 127. The minimum absolute atomic E-state index is 0.284. The molecule has 0 unspecified atom stereocenters. The highest BCUT2D eigenvalue weighted by molar-refractivity contribution is 14.1. The molecule has 3 atom stereocenters. The first-order valence-electron chi connectivity index (χ1n) is 7.21. The second-order valence-corrected chi connectivity index (χ2v) is 7.38. The number of benzene rings is 2. The second-order valence-electron chi connectivity index (χ2n) is 5.73. The van der Waals surface area contributed by atoms with E-state index in [2.05, 4.69) is 70.4 Å². The average molecular weight is 408 g/mol. The molecule has 3 heteroatoms. The minimum atomic E-state index is 0.284. The molecule has 0 aromatic heterocycles. The number of hydrogen-bond donors (Lipinski definition) is 1. The van der Waals surface area contributed by atoms with Crippen molar-refractivity contribution in [3.05, 3.63) is 74.3 Å². The van der Waals surface area contributed by atoms with Crippen molar-refractivity contribution in [3.8, 4) is 0 Å². The lowest BCUT2D eigenvalue weighted by atomic mass is 9.77. The maximum absolute atomic E-state index is 6.44. The molecule has 1 aliphatic heterocycles. The molecule has 106 valence electrons. The van der Waals surface area contributed by atoms with Gasteiger partial charge in [0.1, 0.15) is 0 Å². The summed E-state index contributed by atoms with van der Waals surface area (Å²) < 4.78 is 1.29. The predicted molar refractivity (Wildman–Crippen MR) is 97.0 cm³/mol. The first-order chi connectivity index (χ1) is 10.2. The van der Waals surface area contributed by atoms with Crippen LogP contribution in [0.3, 0.4) is 0 Å². The molecule has 0 spiro atoms. The van der Waals surface area contributed by atoms with Gasteiger partial charge in [-0.3, -0.25) is 0 Å². The van der Waals surface area contributed by atoms with E-state index in [1.807, 2.05) is 12.1 Å². The molecule has 0 bridgehead atoms. The van der Waals surface area contributed by atoms with Gasteiger partial charge in [0.05, 0.1) is 6.04 Å². The maximum Gasteiger partial charge on any atom is 0.0568 e. The van der Waals surface area contributed by atoms with Gasteiger partial charge in [-0.05, 0) is 70.3 Å². The van der Waals surface area contributed by atoms with Gasteiger partial charge in [-0.2, -0.15) is 0 Å². The molecule has 1 aliphatic carbocycles. The summed E-state index contributed by atoms with van der Waals surface area (Å²) in [6.45, 7) is 0. The maximum atomic E-state index is 6.44. The SMILES string of the molecule is Clc1ccccc1[C@@H]1Nc2ccc(I)cc2[C@@H]2C=CC[C@@H]21. The van der Waals surface area contributed by atoms with Gasteiger partial charge in [0.15, 0.2) is 0 Å². The quantitative estimate of drug-likeness (QED) is 0.467. The van der Waals surface area contributed by atoms with Crippen LogP contribution in [0.5, 0.6) is 0 Å². The van der Waals surface area contributed by atoms with Crippen LogP contribution in [-0.4, -0.2) is 0 Å². The van der Waals surface area contributed by atoms with Crippen LogP contribution in [0.1, 0.15) is 29.5 Å². The Hall–Kier alpha value is -1.00. The Bertz CT molecular complexity index is 725. The zero-order valence-corrected chi connectivity index (χ0v) is 14.3. The van der Waals surface area contributed by atoms with Crippen LogP contribution in [0, 0.1) is 9.49 Å². The van der Waals surface area contributed by atoms with Crippen molar-refractivity contribution in [1.82, 2.24) is 0 Å². The Kier molecular flexibility index (Phi) is 3.46. The Morgan fingerprint density at radius 2 is 1.95 bits per heavy atom. The van der Waals surface area contributed by atoms with Crippen LogP contribution in [0.2, 0.25) is 5.02 Å². The third kappa shape index (κ3) is 2.29. The lowest BCUT2D eigenvalue weighted by molar-refractivity contribution is 0.425. The van der Waals surface area contributed by atoms with Crippen molar-refractivity contribution < 1.29 is 0 Å². The number of nitrogens with one attached hydrogen (secondary N) is 1. The van der Waals surface area contributed by atoms with Crippen LogP contribution in [0.25, 0.3) is 0 Å². The van der Waals surface area contributed by atoms with Crippen molar-refractivity contribution in [1.29, 1.82) is 0 Å². The summed E-state index contributed by atoms with van der Waals surface area (Å²) in [5.74, 6) is 1.05. The van der Waals surface area contributed by atoms with Crippen LogP contribution < -0.4 is 5.32 Å². The van der Waals surface area contributed by atoms with Crippen molar-refractivity contribution >= 4 is 39.9 Å². The van der Waals surface area contributed by atoms with E-state index >= 15 is 0 Å². The number of allylic oxidation sites excluding steroid dienone is 2. The number of rotatable bonds is 1. The molecule has 1 nitrogen and oxygen atoms in total. The number of fused-ring (bicyclic) bond motifs is 3. The monoisotopic (exact) mass is 407 g/mol. The molecular formula is C18H15ClIN.